The van der Waals surface area contributed by atoms with Gasteiger partial charge in [0.05, 0.1) is 7.11 Å². The Morgan fingerprint density at radius 3 is 2.44 bits per heavy atom. The Bertz CT molecular complexity index is 357. The van der Waals surface area contributed by atoms with Gasteiger partial charge in [0.15, 0.2) is 0 Å². The van der Waals surface area contributed by atoms with Gasteiger partial charge in [0.25, 0.3) is 0 Å². The number of nitrogens with two attached hydrogens (primary N) is 1. The number of hydrogen-bond donors (Lipinski definition) is 1. The summed E-state index contributed by atoms with van der Waals surface area (Å²) in [6.45, 7) is 0.928. The van der Waals surface area contributed by atoms with E-state index in [2.05, 4.69) is 24.1 Å². The first-order valence-corrected chi connectivity index (χ1v) is 6.81. The standard InChI is InChI=1S/C15H24N2O/c1-17(11-15(16)12-5-3-4-6-12)13-7-9-14(18-2)10-8-13/h7-10,12,15H,3-6,11,16H2,1-2H3. The van der Waals surface area contributed by atoms with Crippen molar-refractivity contribution in [3.8, 4) is 5.75 Å². The Morgan fingerprint density at radius 2 is 1.89 bits per heavy atom. The molecule has 2 N–H and O–H groups in total. The summed E-state index contributed by atoms with van der Waals surface area (Å²) in [5, 5.41) is 0. The lowest BCUT2D eigenvalue weighted by atomic mass is 9.98. The highest BCUT2D eigenvalue weighted by molar-refractivity contribution is 5.48. The molecule has 0 heterocycles. The fraction of sp³-hybridized carbons (Fsp3) is 0.600. The van der Waals surface area contributed by atoms with Gasteiger partial charge in [-0.1, -0.05) is 12.8 Å². The topological polar surface area (TPSA) is 38.5 Å². The smallest absolute Gasteiger partial charge is 0.119 e. The highest BCUT2D eigenvalue weighted by atomic mass is 16.5. The van der Waals surface area contributed by atoms with E-state index in [0.717, 1.165) is 12.3 Å². The van der Waals surface area contributed by atoms with Gasteiger partial charge < -0.3 is 15.4 Å². The van der Waals surface area contributed by atoms with Crippen LogP contribution >= 0.6 is 0 Å². The van der Waals surface area contributed by atoms with Gasteiger partial charge in [-0.2, -0.15) is 0 Å². The minimum absolute atomic E-state index is 0.291. The molecule has 0 amide bonds. The van der Waals surface area contributed by atoms with Gasteiger partial charge in [0.1, 0.15) is 5.75 Å². The fourth-order valence-electron chi connectivity index (χ4n) is 2.79. The molecule has 1 aliphatic rings. The first-order chi connectivity index (χ1) is 8.70. The highest BCUT2D eigenvalue weighted by Gasteiger charge is 2.22. The zero-order valence-corrected chi connectivity index (χ0v) is 11.4. The second kappa shape index (κ2) is 6.10. The summed E-state index contributed by atoms with van der Waals surface area (Å²) in [6, 6.07) is 8.44. The minimum Gasteiger partial charge on any atom is -0.497 e. The summed E-state index contributed by atoms with van der Waals surface area (Å²) in [6.07, 6.45) is 5.31. The molecule has 3 heteroatoms. The molecule has 0 radical (unpaired) electrons. The van der Waals surface area contributed by atoms with Crippen LogP contribution in [0.4, 0.5) is 5.69 Å². The molecule has 3 nitrogen and oxygen atoms in total. The quantitative estimate of drug-likeness (QED) is 0.870. The average Bonchev–Trinajstić information content (AvgIpc) is 2.92. The van der Waals surface area contributed by atoms with E-state index in [-0.39, 0.29) is 0 Å². The van der Waals surface area contributed by atoms with Crippen molar-refractivity contribution in [2.24, 2.45) is 11.7 Å². The third kappa shape index (κ3) is 3.16. The Kier molecular flexibility index (Phi) is 4.48. The van der Waals surface area contributed by atoms with E-state index in [1.807, 2.05) is 12.1 Å². The van der Waals surface area contributed by atoms with Gasteiger partial charge in [0, 0.05) is 25.3 Å². The number of anilines is 1. The molecule has 1 aromatic carbocycles. The SMILES string of the molecule is COc1ccc(N(C)CC(N)C2CCCC2)cc1. The molecule has 1 unspecified atom stereocenters. The first-order valence-electron chi connectivity index (χ1n) is 6.81. The Labute approximate surface area is 110 Å². The summed E-state index contributed by atoms with van der Waals surface area (Å²) in [7, 11) is 3.80. The maximum absolute atomic E-state index is 6.31. The van der Waals surface area contributed by atoms with Gasteiger partial charge in [-0.25, -0.2) is 0 Å². The van der Waals surface area contributed by atoms with Crippen LogP contribution in [0.15, 0.2) is 24.3 Å². The van der Waals surface area contributed by atoms with Gasteiger partial charge in [0.2, 0.25) is 0 Å². The molecular formula is C15H24N2O. The third-order valence-electron chi connectivity index (χ3n) is 4.00. The fourth-order valence-corrected chi connectivity index (χ4v) is 2.79. The molecule has 18 heavy (non-hydrogen) atoms. The summed E-state index contributed by atoms with van der Waals surface area (Å²) in [5.74, 6) is 1.61. The molecule has 1 fully saturated rings. The van der Waals surface area contributed by atoms with E-state index < -0.39 is 0 Å². The van der Waals surface area contributed by atoms with Crippen LogP contribution < -0.4 is 15.4 Å². The molecule has 1 atom stereocenters. The second-order valence-electron chi connectivity index (χ2n) is 5.29. The molecule has 2 rings (SSSR count). The van der Waals surface area contributed by atoms with Crippen molar-refractivity contribution in [3.05, 3.63) is 24.3 Å². The van der Waals surface area contributed by atoms with Gasteiger partial charge in [-0.3, -0.25) is 0 Å². The minimum atomic E-state index is 0.291. The van der Waals surface area contributed by atoms with Crippen LogP contribution in [-0.2, 0) is 0 Å². The maximum Gasteiger partial charge on any atom is 0.119 e. The number of hydrogen-bond acceptors (Lipinski definition) is 3. The number of nitrogens with zero attached hydrogens (tertiary/aromatic N) is 1. The molecule has 0 aromatic heterocycles. The van der Waals surface area contributed by atoms with Crippen molar-refractivity contribution in [3.63, 3.8) is 0 Å². The van der Waals surface area contributed by atoms with E-state index in [1.165, 1.54) is 31.4 Å². The van der Waals surface area contributed by atoms with E-state index in [4.69, 9.17) is 10.5 Å². The number of ether oxygens (including phenoxy) is 1. The predicted octanol–water partition coefficient (Wildman–Crippen LogP) is 2.65. The zero-order chi connectivity index (χ0) is 13.0. The predicted molar refractivity (Wildman–Crippen MR) is 76.2 cm³/mol. The summed E-state index contributed by atoms with van der Waals surface area (Å²) in [4.78, 5) is 2.24. The molecule has 1 aromatic rings. The lowest BCUT2D eigenvalue weighted by Crippen LogP contribution is -2.40. The van der Waals surface area contributed by atoms with Gasteiger partial charge in [-0.15, -0.1) is 0 Å². The molecule has 0 aliphatic heterocycles. The molecule has 0 saturated heterocycles. The number of rotatable bonds is 5. The number of benzene rings is 1. The summed E-state index contributed by atoms with van der Waals surface area (Å²) < 4.78 is 5.17. The van der Waals surface area contributed by atoms with Crippen LogP contribution in [-0.4, -0.2) is 26.7 Å². The van der Waals surface area contributed by atoms with Crippen LogP contribution in [0.2, 0.25) is 0 Å². The van der Waals surface area contributed by atoms with Gasteiger partial charge >= 0.3 is 0 Å². The van der Waals surface area contributed by atoms with Crippen LogP contribution in [0.25, 0.3) is 0 Å². The average molecular weight is 248 g/mol. The van der Waals surface area contributed by atoms with Crippen molar-refractivity contribution in [1.82, 2.24) is 0 Å². The van der Waals surface area contributed by atoms with Crippen molar-refractivity contribution in [2.45, 2.75) is 31.7 Å². The van der Waals surface area contributed by atoms with Crippen LogP contribution in [0.5, 0.6) is 5.75 Å². The number of likely N-dealkylation sites (N-methyl/N-ethyl adjacent to an activating group) is 1. The van der Waals surface area contributed by atoms with Gasteiger partial charge in [-0.05, 0) is 43.0 Å². The van der Waals surface area contributed by atoms with Crippen molar-refractivity contribution in [1.29, 1.82) is 0 Å². The Balaban J connectivity index is 1.91. The first kappa shape index (κ1) is 13.2. The van der Waals surface area contributed by atoms with E-state index in [0.29, 0.717) is 12.0 Å². The Hall–Kier alpha value is -1.22. The molecule has 1 saturated carbocycles. The van der Waals surface area contributed by atoms with Crippen molar-refractivity contribution in [2.75, 3.05) is 25.6 Å². The molecular weight excluding hydrogens is 224 g/mol. The molecule has 0 bridgehead atoms. The van der Waals surface area contributed by atoms with E-state index >= 15 is 0 Å². The Morgan fingerprint density at radius 1 is 1.28 bits per heavy atom. The van der Waals surface area contributed by atoms with Crippen LogP contribution in [0.1, 0.15) is 25.7 Å². The monoisotopic (exact) mass is 248 g/mol. The highest BCUT2D eigenvalue weighted by Crippen LogP contribution is 2.28. The zero-order valence-electron chi connectivity index (χ0n) is 11.4. The molecule has 0 spiro atoms. The van der Waals surface area contributed by atoms with Crippen molar-refractivity contribution >= 4 is 5.69 Å². The largest absolute Gasteiger partial charge is 0.497 e. The lowest BCUT2D eigenvalue weighted by Gasteiger charge is -2.27. The summed E-state index contributed by atoms with van der Waals surface area (Å²) >= 11 is 0. The van der Waals surface area contributed by atoms with E-state index in [1.54, 1.807) is 7.11 Å². The molecule has 100 valence electrons. The lowest BCUT2D eigenvalue weighted by molar-refractivity contribution is 0.414. The molecule has 1 aliphatic carbocycles. The summed E-state index contributed by atoms with van der Waals surface area (Å²) in [5.41, 5.74) is 7.51. The van der Waals surface area contributed by atoms with E-state index in [9.17, 15) is 0 Å². The number of methoxy groups -OCH3 is 1. The van der Waals surface area contributed by atoms with Crippen LogP contribution in [0.3, 0.4) is 0 Å². The second-order valence-corrected chi connectivity index (χ2v) is 5.29. The van der Waals surface area contributed by atoms with Crippen LogP contribution in [0, 0.1) is 5.92 Å². The normalized spacial score (nSPS) is 17.7. The maximum atomic E-state index is 6.31. The van der Waals surface area contributed by atoms with Crippen molar-refractivity contribution < 1.29 is 4.74 Å². The third-order valence-corrected chi connectivity index (χ3v) is 4.00.